The Morgan fingerprint density at radius 2 is 1.38 bits per heavy atom. The van der Waals surface area contributed by atoms with Crippen molar-refractivity contribution in [2.75, 3.05) is 6.54 Å². The minimum Gasteiger partial charge on any atom is -0.311 e. The van der Waals surface area contributed by atoms with E-state index in [1.165, 1.54) is 45.1 Å². The van der Waals surface area contributed by atoms with Gasteiger partial charge in [0.25, 0.3) is 0 Å². The molecule has 0 aromatic rings. The minimum absolute atomic E-state index is 0.667. The van der Waals surface area contributed by atoms with Crippen LogP contribution in [0.1, 0.15) is 66.2 Å². The lowest BCUT2D eigenvalue weighted by molar-refractivity contribution is 0.215. The van der Waals surface area contributed by atoms with Gasteiger partial charge in [-0.05, 0) is 25.8 Å². The monoisotopic (exact) mass is 185 g/mol. The second-order valence-electron chi connectivity index (χ2n) is 3.87. The molecule has 1 saturated carbocycles. The van der Waals surface area contributed by atoms with E-state index >= 15 is 0 Å². The molecule has 0 atom stereocenters. The summed E-state index contributed by atoms with van der Waals surface area (Å²) < 4.78 is 0. The number of nitrogens with one attached hydrogen (secondary N) is 1. The highest BCUT2D eigenvalue weighted by molar-refractivity contribution is 4.99. The van der Waals surface area contributed by atoms with E-state index in [4.69, 9.17) is 0 Å². The molecule has 1 aliphatic carbocycles. The molecule has 1 nitrogen and oxygen atoms in total. The molecule has 0 unspecified atom stereocenters. The third kappa shape index (κ3) is 4.12. The van der Waals surface area contributed by atoms with Crippen molar-refractivity contribution in [1.29, 1.82) is 0 Å². The summed E-state index contributed by atoms with van der Waals surface area (Å²) in [5.74, 6) is 0. The predicted octanol–water partition coefficient (Wildman–Crippen LogP) is 3.74. The maximum Gasteiger partial charge on any atom is 0.0193 e. The van der Waals surface area contributed by atoms with Crippen molar-refractivity contribution in [2.45, 2.75) is 71.8 Å². The summed E-state index contributed by atoms with van der Waals surface area (Å²) in [7, 11) is 0. The normalized spacial score (nSPS) is 22.2. The highest BCUT2D eigenvalue weighted by Crippen LogP contribution is 2.36. The molecular formula is C12H27N. The van der Waals surface area contributed by atoms with Gasteiger partial charge in [0.1, 0.15) is 0 Å². The minimum atomic E-state index is 0.667. The Morgan fingerprint density at radius 1 is 1.00 bits per heavy atom. The summed E-state index contributed by atoms with van der Waals surface area (Å²) in [6.07, 6.45) is 8.53. The van der Waals surface area contributed by atoms with Crippen molar-refractivity contribution in [1.82, 2.24) is 5.32 Å². The zero-order valence-electron chi connectivity index (χ0n) is 9.95. The van der Waals surface area contributed by atoms with Crippen molar-refractivity contribution < 1.29 is 0 Å². The van der Waals surface area contributed by atoms with Gasteiger partial charge in [-0.2, -0.15) is 0 Å². The molecule has 2 rings (SSSR count). The van der Waals surface area contributed by atoms with Gasteiger partial charge < -0.3 is 5.32 Å². The predicted molar refractivity (Wildman–Crippen MR) is 61.1 cm³/mol. The summed E-state index contributed by atoms with van der Waals surface area (Å²) in [4.78, 5) is 0. The summed E-state index contributed by atoms with van der Waals surface area (Å²) in [6, 6.07) is 0. The fourth-order valence-corrected chi connectivity index (χ4v) is 1.96. The molecule has 2 aliphatic rings. The average Bonchev–Trinajstić information content (AvgIpc) is 2.56. The Labute approximate surface area is 84.3 Å². The standard InChI is InChI=1S/C7H13N.C3H8.C2H6/c1-2-4-7(3-1)5-6-8-7;1-3-2;1-2/h8H,1-6H2;3H2,1-2H3;1-2H3. The van der Waals surface area contributed by atoms with Gasteiger partial charge in [-0.25, -0.2) is 0 Å². The molecule has 1 aliphatic heterocycles. The molecular weight excluding hydrogens is 158 g/mol. The fourth-order valence-electron chi connectivity index (χ4n) is 1.96. The molecule has 1 heteroatoms. The van der Waals surface area contributed by atoms with Crippen LogP contribution in [0.3, 0.4) is 0 Å². The van der Waals surface area contributed by atoms with Crippen LogP contribution < -0.4 is 5.32 Å². The highest BCUT2D eigenvalue weighted by Gasteiger charge is 2.38. The maximum atomic E-state index is 3.52. The Hall–Kier alpha value is -0.0400. The molecule has 0 amide bonds. The molecule has 1 saturated heterocycles. The summed E-state index contributed by atoms with van der Waals surface area (Å²) in [5.41, 5.74) is 0.667. The van der Waals surface area contributed by atoms with Gasteiger partial charge >= 0.3 is 0 Å². The van der Waals surface area contributed by atoms with Crippen LogP contribution in [-0.4, -0.2) is 12.1 Å². The third-order valence-electron chi connectivity index (χ3n) is 2.66. The van der Waals surface area contributed by atoms with Crippen LogP contribution in [0.25, 0.3) is 0 Å². The number of hydrogen-bond acceptors (Lipinski definition) is 1. The van der Waals surface area contributed by atoms with E-state index < -0.39 is 0 Å². The second kappa shape index (κ2) is 7.37. The zero-order valence-corrected chi connectivity index (χ0v) is 9.95. The molecule has 80 valence electrons. The van der Waals surface area contributed by atoms with Gasteiger partial charge in [0, 0.05) is 5.54 Å². The van der Waals surface area contributed by atoms with Crippen LogP contribution in [0.5, 0.6) is 0 Å². The Morgan fingerprint density at radius 3 is 1.54 bits per heavy atom. The van der Waals surface area contributed by atoms with Gasteiger partial charge in [-0.3, -0.25) is 0 Å². The first kappa shape index (κ1) is 13.0. The molecule has 0 bridgehead atoms. The average molecular weight is 185 g/mol. The Bertz CT molecular complexity index is 97.7. The van der Waals surface area contributed by atoms with Gasteiger partial charge in [0.15, 0.2) is 0 Å². The summed E-state index contributed by atoms with van der Waals surface area (Å²) in [6.45, 7) is 9.53. The van der Waals surface area contributed by atoms with Crippen molar-refractivity contribution in [2.24, 2.45) is 0 Å². The van der Waals surface area contributed by atoms with Gasteiger partial charge in [0.2, 0.25) is 0 Å². The molecule has 2 fully saturated rings. The van der Waals surface area contributed by atoms with Crippen molar-refractivity contribution in [3.8, 4) is 0 Å². The molecule has 0 radical (unpaired) electrons. The molecule has 1 heterocycles. The van der Waals surface area contributed by atoms with Gasteiger partial charge in [0.05, 0.1) is 0 Å². The molecule has 0 aromatic heterocycles. The van der Waals surface area contributed by atoms with E-state index in [9.17, 15) is 0 Å². The van der Waals surface area contributed by atoms with Crippen LogP contribution in [0.4, 0.5) is 0 Å². The molecule has 1 spiro atoms. The largest absolute Gasteiger partial charge is 0.311 e. The maximum absolute atomic E-state index is 3.52. The van der Waals surface area contributed by atoms with Crippen LogP contribution in [0.15, 0.2) is 0 Å². The first-order chi connectivity index (χ1) is 6.33. The Kier molecular flexibility index (Phi) is 7.35. The lowest BCUT2D eigenvalue weighted by Gasteiger charge is -2.39. The lowest BCUT2D eigenvalue weighted by Crippen LogP contribution is -2.54. The van der Waals surface area contributed by atoms with E-state index in [2.05, 4.69) is 19.2 Å². The first-order valence-electron chi connectivity index (χ1n) is 6.08. The molecule has 0 aromatic carbocycles. The van der Waals surface area contributed by atoms with Gasteiger partial charge in [-0.15, -0.1) is 0 Å². The van der Waals surface area contributed by atoms with Crippen molar-refractivity contribution >= 4 is 0 Å². The Balaban J connectivity index is 0.000000251. The summed E-state index contributed by atoms with van der Waals surface area (Å²) in [5, 5.41) is 3.52. The van der Waals surface area contributed by atoms with E-state index in [-0.39, 0.29) is 0 Å². The van der Waals surface area contributed by atoms with E-state index in [1.54, 1.807) is 0 Å². The van der Waals surface area contributed by atoms with E-state index in [0.717, 1.165) is 0 Å². The second-order valence-corrected chi connectivity index (χ2v) is 3.87. The highest BCUT2D eigenvalue weighted by atomic mass is 15.0. The zero-order chi connectivity index (χ0) is 10.2. The fraction of sp³-hybridized carbons (Fsp3) is 1.00. The SMILES string of the molecule is C1CCC2(C1)CCN2.CC.CCC. The van der Waals surface area contributed by atoms with Crippen molar-refractivity contribution in [3.05, 3.63) is 0 Å². The molecule has 13 heavy (non-hydrogen) atoms. The quantitative estimate of drug-likeness (QED) is 0.606. The van der Waals surface area contributed by atoms with E-state index in [0.29, 0.717) is 5.54 Å². The topological polar surface area (TPSA) is 12.0 Å². The van der Waals surface area contributed by atoms with Crippen LogP contribution >= 0.6 is 0 Å². The molecule has 1 N–H and O–H groups in total. The van der Waals surface area contributed by atoms with Gasteiger partial charge in [-0.1, -0.05) is 47.0 Å². The van der Waals surface area contributed by atoms with Crippen LogP contribution in [0.2, 0.25) is 0 Å². The van der Waals surface area contributed by atoms with Crippen LogP contribution in [0, 0.1) is 0 Å². The smallest absolute Gasteiger partial charge is 0.0193 e. The summed E-state index contributed by atoms with van der Waals surface area (Å²) >= 11 is 0. The first-order valence-corrected chi connectivity index (χ1v) is 6.08. The third-order valence-corrected chi connectivity index (χ3v) is 2.66. The van der Waals surface area contributed by atoms with E-state index in [1.807, 2.05) is 13.8 Å². The van der Waals surface area contributed by atoms with Crippen LogP contribution in [-0.2, 0) is 0 Å². The lowest BCUT2D eigenvalue weighted by atomic mass is 9.86. The number of hydrogen-bond donors (Lipinski definition) is 1. The van der Waals surface area contributed by atoms with Crippen molar-refractivity contribution in [3.63, 3.8) is 0 Å². The number of rotatable bonds is 0.